The maximum absolute atomic E-state index is 12.7. The Bertz CT molecular complexity index is 908. The number of amides is 1. The first-order valence-corrected chi connectivity index (χ1v) is 9.77. The Morgan fingerprint density at radius 1 is 1.10 bits per heavy atom. The predicted octanol–water partition coefficient (Wildman–Crippen LogP) is 3.38. The number of pyridine rings is 1. The van der Waals surface area contributed by atoms with Crippen molar-refractivity contribution >= 4 is 17.4 Å². The molecular formula is C21H21F3N4O2. The molecule has 1 aromatic heterocycles. The minimum atomic E-state index is -4.39. The van der Waals surface area contributed by atoms with E-state index >= 15 is 0 Å². The van der Waals surface area contributed by atoms with Gasteiger partial charge in [0.1, 0.15) is 5.82 Å². The summed E-state index contributed by atoms with van der Waals surface area (Å²) >= 11 is 0. The number of hydrogen-bond acceptors (Lipinski definition) is 5. The van der Waals surface area contributed by atoms with Crippen molar-refractivity contribution in [1.82, 2.24) is 10.3 Å². The van der Waals surface area contributed by atoms with Gasteiger partial charge < -0.3 is 15.1 Å². The fourth-order valence-electron chi connectivity index (χ4n) is 3.61. The zero-order chi connectivity index (χ0) is 21.1. The number of halogens is 3. The number of aromatic nitrogens is 1. The minimum Gasteiger partial charge on any atom is -0.382 e. The highest BCUT2D eigenvalue weighted by Crippen LogP contribution is 2.30. The Kier molecular flexibility index (Phi) is 5.61. The second kappa shape index (κ2) is 8.33. The van der Waals surface area contributed by atoms with Gasteiger partial charge in [0.05, 0.1) is 11.3 Å². The molecule has 1 atom stereocenters. The lowest BCUT2D eigenvalue weighted by atomic mass is 10.0. The van der Waals surface area contributed by atoms with Gasteiger partial charge in [0.2, 0.25) is 6.10 Å². The lowest BCUT2D eigenvalue weighted by Gasteiger charge is -2.33. The summed E-state index contributed by atoms with van der Waals surface area (Å²) in [6.45, 7) is 1.20. The molecule has 9 heteroatoms. The monoisotopic (exact) mass is 418 g/mol. The van der Waals surface area contributed by atoms with Crippen LogP contribution in [0.4, 0.5) is 19.0 Å². The highest BCUT2D eigenvalue weighted by Gasteiger charge is 2.32. The van der Waals surface area contributed by atoms with Crippen LogP contribution in [0.5, 0.6) is 0 Å². The Hall–Kier alpha value is -3.10. The second-order valence-electron chi connectivity index (χ2n) is 7.37. The molecule has 1 aromatic carbocycles. The molecule has 158 valence electrons. The molecule has 2 aliphatic heterocycles. The molecule has 2 aromatic rings. The van der Waals surface area contributed by atoms with Crippen LogP contribution in [0.15, 0.2) is 53.8 Å². The van der Waals surface area contributed by atoms with E-state index < -0.39 is 17.8 Å². The van der Waals surface area contributed by atoms with Crippen molar-refractivity contribution in [2.75, 3.05) is 18.0 Å². The third kappa shape index (κ3) is 4.55. The molecule has 2 aliphatic rings. The Morgan fingerprint density at radius 2 is 1.83 bits per heavy atom. The van der Waals surface area contributed by atoms with Gasteiger partial charge in [-0.1, -0.05) is 35.5 Å². The van der Waals surface area contributed by atoms with Crippen molar-refractivity contribution in [1.29, 1.82) is 0 Å². The highest BCUT2D eigenvalue weighted by atomic mass is 19.4. The third-order valence-electron chi connectivity index (χ3n) is 5.31. The molecule has 0 radical (unpaired) electrons. The van der Waals surface area contributed by atoms with Crippen molar-refractivity contribution in [3.63, 3.8) is 0 Å². The summed E-state index contributed by atoms with van der Waals surface area (Å²) in [7, 11) is 0. The number of carbonyl (C=O) groups excluding carboxylic acids is 1. The van der Waals surface area contributed by atoms with Crippen molar-refractivity contribution in [3.8, 4) is 0 Å². The van der Waals surface area contributed by atoms with E-state index in [1.165, 1.54) is 6.07 Å². The van der Waals surface area contributed by atoms with E-state index in [-0.39, 0.29) is 11.9 Å². The molecule has 3 heterocycles. The summed E-state index contributed by atoms with van der Waals surface area (Å²) in [5.41, 5.74) is 0.922. The van der Waals surface area contributed by atoms with Crippen LogP contribution in [0.1, 0.15) is 30.4 Å². The van der Waals surface area contributed by atoms with Crippen LogP contribution in [0.3, 0.4) is 0 Å². The molecule has 0 saturated carbocycles. The standard InChI is InChI=1S/C21H21F3N4O2/c22-21(23,24)15-6-7-19(25-13-15)28-10-8-16(9-11-28)26-20(29)18-12-17(27-30-18)14-4-2-1-3-5-14/h1-7,13,16,18H,8-12H2,(H,26,29)/t18-/m1/s1. The van der Waals surface area contributed by atoms with Crippen LogP contribution in [-0.4, -0.2) is 41.8 Å². The van der Waals surface area contributed by atoms with E-state index in [9.17, 15) is 18.0 Å². The SMILES string of the molecule is O=C(NC1CCN(c2ccc(C(F)(F)F)cn2)CC1)[C@H]1CC(c2ccccc2)=NO1. The molecule has 0 bridgehead atoms. The quantitative estimate of drug-likeness (QED) is 0.827. The van der Waals surface area contributed by atoms with E-state index in [1.54, 1.807) is 0 Å². The first-order valence-electron chi connectivity index (χ1n) is 9.77. The molecular weight excluding hydrogens is 397 g/mol. The predicted molar refractivity (Wildman–Crippen MR) is 105 cm³/mol. The first-order chi connectivity index (χ1) is 14.4. The van der Waals surface area contributed by atoms with Gasteiger partial charge in [-0.25, -0.2) is 4.98 Å². The van der Waals surface area contributed by atoms with E-state index in [2.05, 4.69) is 15.5 Å². The summed E-state index contributed by atoms with van der Waals surface area (Å²) in [6.07, 6.45) is -2.42. The number of oxime groups is 1. The van der Waals surface area contributed by atoms with Gasteiger partial charge in [0.15, 0.2) is 0 Å². The van der Waals surface area contributed by atoms with Crippen LogP contribution in [0.25, 0.3) is 0 Å². The summed E-state index contributed by atoms with van der Waals surface area (Å²) in [5, 5.41) is 7.04. The van der Waals surface area contributed by atoms with Crippen LogP contribution >= 0.6 is 0 Å². The number of hydrogen-bond donors (Lipinski definition) is 1. The number of nitrogens with zero attached hydrogens (tertiary/aromatic N) is 3. The van der Waals surface area contributed by atoms with Gasteiger partial charge in [-0.3, -0.25) is 4.79 Å². The van der Waals surface area contributed by atoms with Gasteiger partial charge in [-0.2, -0.15) is 13.2 Å². The zero-order valence-electron chi connectivity index (χ0n) is 16.1. The van der Waals surface area contributed by atoms with Crippen LogP contribution in [0, 0.1) is 0 Å². The van der Waals surface area contributed by atoms with Gasteiger partial charge in [-0.15, -0.1) is 0 Å². The van der Waals surface area contributed by atoms with E-state index in [0.717, 1.165) is 23.5 Å². The Balaban J connectivity index is 1.26. The molecule has 30 heavy (non-hydrogen) atoms. The van der Waals surface area contributed by atoms with Crippen molar-refractivity contribution < 1.29 is 22.8 Å². The lowest BCUT2D eigenvalue weighted by Crippen LogP contribution is -2.47. The summed E-state index contributed by atoms with van der Waals surface area (Å²) < 4.78 is 38.0. The molecule has 0 spiro atoms. The molecule has 1 amide bonds. The normalized spacial score (nSPS) is 19.9. The van der Waals surface area contributed by atoms with Gasteiger partial charge in [0.25, 0.3) is 5.91 Å². The largest absolute Gasteiger partial charge is 0.417 e. The van der Waals surface area contributed by atoms with Crippen LogP contribution in [-0.2, 0) is 15.8 Å². The molecule has 1 N–H and O–H groups in total. The van der Waals surface area contributed by atoms with Gasteiger partial charge >= 0.3 is 6.18 Å². The summed E-state index contributed by atoms with van der Waals surface area (Å²) in [5.74, 6) is 0.309. The molecule has 0 unspecified atom stereocenters. The molecule has 6 nitrogen and oxygen atoms in total. The number of nitrogens with one attached hydrogen (secondary N) is 1. The Morgan fingerprint density at radius 3 is 2.47 bits per heavy atom. The number of piperidine rings is 1. The number of benzene rings is 1. The second-order valence-corrected chi connectivity index (χ2v) is 7.37. The minimum absolute atomic E-state index is 0.0208. The first kappa shape index (κ1) is 20.2. The lowest BCUT2D eigenvalue weighted by molar-refractivity contribution is -0.137. The number of rotatable bonds is 4. The van der Waals surface area contributed by atoms with Gasteiger partial charge in [0, 0.05) is 31.7 Å². The molecule has 0 aliphatic carbocycles. The van der Waals surface area contributed by atoms with Crippen LogP contribution < -0.4 is 10.2 Å². The van der Waals surface area contributed by atoms with Gasteiger partial charge in [-0.05, 0) is 30.5 Å². The summed E-state index contributed by atoms with van der Waals surface area (Å²) in [6, 6.07) is 12.0. The van der Waals surface area contributed by atoms with E-state index in [0.29, 0.717) is 38.2 Å². The molecule has 1 fully saturated rings. The van der Waals surface area contributed by atoms with Crippen molar-refractivity contribution in [3.05, 3.63) is 59.8 Å². The highest BCUT2D eigenvalue weighted by molar-refractivity contribution is 6.04. The maximum Gasteiger partial charge on any atom is 0.417 e. The number of anilines is 1. The zero-order valence-corrected chi connectivity index (χ0v) is 16.1. The Labute approximate surface area is 171 Å². The average molecular weight is 418 g/mol. The van der Waals surface area contributed by atoms with Crippen molar-refractivity contribution in [2.24, 2.45) is 5.16 Å². The average Bonchev–Trinajstić information content (AvgIpc) is 3.25. The number of alkyl halides is 3. The fraction of sp³-hybridized carbons (Fsp3) is 0.381. The van der Waals surface area contributed by atoms with Crippen molar-refractivity contribution in [2.45, 2.75) is 37.6 Å². The smallest absolute Gasteiger partial charge is 0.382 e. The maximum atomic E-state index is 12.7. The molecule has 1 saturated heterocycles. The third-order valence-corrected chi connectivity index (χ3v) is 5.31. The van der Waals surface area contributed by atoms with E-state index in [4.69, 9.17) is 4.84 Å². The number of carbonyl (C=O) groups is 1. The topological polar surface area (TPSA) is 66.8 Å². The van der Waals surface area contributed by atoms with Crippen LogP contribution in [0.2, 0.25) is 0 Å². The summed E-state index contributed by atoms with van der Waals surface area (Å²) in [4.78, 5) is 23.7. The molecule has 4 rings (SSSR count). The fourth-order valence-corrected chi connectivity index (χ4v) is 3.61. The van der Waals surface area contributed by atoms with E-state index in [1.807, 2.05) is 35.2 Å².